The third-order valence-electron chi connectivity index (χ3n) is 2.51. The smallest absolute Gasteiger partial charge is 0.151 e. The van der Waals surface area contributed by atoms with Gasteiger partial charge in [-0.3, -0.25) is 4.98 Å². The van der Waals surface area contributed by atoms with E-state index in [1.165, 1.54) is 4.88 Å². The maximum absolute atomic E-state index is 5.09. The molecule has 2 heterocycles. The van der Waals surface area contributed by atoms with E-state index in [2.05, 4.69) is 16.9 Å². The van der Waals surface area contributed by atoms with Gasteiger partial charge >= 0.3 is 0 Å². The summed E-state index contributed by atoms with van der Waals surface area (Å²) >= 11 is 3.45. The van der Waals surface area contributed by atoms with Crippen molar-refractivity contribution in [2.45, 2.75) is 23.9 Å². The summed E-state index contributed by atoms with van der Waals surface area (Å²) in [5.74, 6) is 1.61. The molecule has 0 aliphatic rings. The highest BCUT2D eigenvalue weighted by molar-refractivity contribution is 8.00. The summed E-state index contributed by atoms with van der Waals surface area (Å²) in [6.07, 6.45) is 5.80. The van der Waals surface area contributed by atoms with Crippen molar-refractivity contribution in [1.82, 2.24) is 9.97 Å². The highest BCUT2D eigenvalue weighted by Gasteiger charge is 2.06. The second-order valence-corrected chi connectivity index (χ2v) is 6.32. The minimum atomic E-state index is 0.786. The number of hydrogen-bond acceptors (Lipinski definition) is 5. The predicted octanol–water partition coefficient (Wildman–Crippen LogP) is 4.18. The van der Waals surface area contributed by atoms with Crippen molar-refractivity contribution >= 4 is 29.2 Å². The fraction of sp³-hybridized carbons (Fsp3) is 0.286. The first-order valence-electron chi connectivity index (χ1n) is 5.94. The molecule has 0 aromatic carbocycles. The lowest BCUT2D eigenvalue weighted by atomic mass is 10.3. The summed E-state index contributed by atoms with van der Waals surface area (Å²) in [4.78, 5) is 10.2. The third-order valence-corrected chi connectivity index (χ3v) is 4.68. The molecule has 2 rings (SSSR count). The summed E-state index contributed by atoms with van der Waals surface area (Å²) in [5.41, 5.74) is 2.10. The molecular weight excluding hydrogens is 276 g/mol. The number of ether oxygens (including phenoxy) is 1. The standard InChI is InChI=1S/C14H16N2OS2/c1-4-5-13-10(2)19-14(16-13)18-9-11-6-7-12(17-3)8-15-11/h4-8H,9H2,1-3H3/b5-4-. The minimum absolute atomic E-state index is 0.786. The number of thioether (sulfide) groups is 1. The molecule has 5 heteroatoms. The Morgan fingerprint density at radius 2 is 2.26 bits per heavy atom. The molecular formula is C14H16N2OS2. The first-order chi connectivity index (χ1) is 9.22. The molecule has 0 aliphatic heterocycles. The molecule has 0 spiro atoms. The highest BCUT2D eigenvalue weighted by atomic mass is 32.2. The Kier molecular flexibility index (Phi) is 4.99. The Labute approximate surface area is 121 Å². The molecule has 0 N–H and O–H groups in total. The van der Waals surface area contributed by atoms with Gasteiger partial charge < -0.3 is 4.74 Å². The van der Waals surface area contributed by atoms with Gasteiger partial charge in [-0.25, -0.2) is 4.98 Å². The SMILES string of the molecule is C/C=C\c1nc(SCc2ccc(OC)cn2)sc1C. The molecule has 0 saturated carbocycles. The van der Waals surface area contributed by atoms with Crippen LogP contribution in [-0.4, -0.2) is 17.1 Å². The van der Waals surface area contributed by atoms with Crippen molar-refractivity contribution in [3.05, 3.63) is 40.7 Å². The molecule has 0 radical (unpaired) electrons. The van der Waals surface area contributed by atoms with E-state index in [4.69, 9.17) is 4.74 Å². The minimum Gasteiger partial charge on any atom is -0.495 e. The molecule has 0 amide bonds. The first-order valence-corrected chi connectivity index (χ1v) is 7.75. The van der Waals surface area contributed by atoms with Crippen LogP contribution in [0, 0.1) is 6.92 Å². The average Bonchev–Trinajstić information content (AvgIpc) is 2.78. The summed E-state index contributed by atoms with van der Waals surface area (Å²) in [6, 6.07) is 3.92. The van der Waals surface area contributed by atoms with Gasteiger partial charge in [0.15, 0.2) is 4.34 Å². The Hall–Kier alpha value is -1.33. The maximum atomic E-state index is 5.09. The molecule has 0 aliphatic carbocycles. The van der Waals surface area contributed by atoms with Crippen molar-refractivity contribution in [2.75, 3.05) is 7.11 Å². The lowest BCUT2D eigenvalue weighted by Gasteiger charge is -2.00. The van der Waals surface area contributed by atoms with Gasteiger partial charge in [-0.2, -0.15) is 0 Å². The number of hydrogen-bond donors (Lipinski definition) is 0. The average molecular weight is 292 g/mol. The molecule has 0 bridgehead atoms. The maximum Gasteiger partial charge on any atom is 0.151 e. The molecule has 0 saturated heterocycles. The number of allylic oxidation sites excluding steroid dienone is 1. The van der Waals surface area contributed by atoms with Crippen LogP contribution in [0.2, 0.25) is 0 Å². The lowest BCUT2D eigenvalue weighted by Crippen LogP contribution is -1.88. The Bertz CT molecular complexity index is 561. The molecule has 100 valence electrons. The quantitative estimate of drug-likeness (QED) is 0.774. The van der Waals surface area contributed by atoms with Crippen LogP contribution in [0.3, 0.4) is 0 Å². The van der Waals surface area contributed by atoms with Crippen LogP contribution >= 0.6 is 23.1 Å². The van der Waals surface area contributed by atoms with E-state index < -0.39 is 0 Å². The van der Waals surface area contributed by atoms with Gasteiger partial charge in [0.05, 0.1) is 24.7 Å². The Morgan fingerprint density at radius 3 is 2.89 bits per heavy atom. The Morgan fingerprint density at radius 1 is 1.42 bits per heavy atom. The molecule has 3 nitrogen and oxygen atoms in total. The zero-order chi connectivity index (χ0) is 13.7. The fourth-order valence-corrected chi connectivity index (χ4v) is 3.53. The first kappa shape index (κ1) is 14.1. The number of methoxy groups -OCH3 is 1. The van der Waals surface area contributed by atoms with E-state index >= 15 is 0 Å². The second-order valence-electron chi connectivity index (χ2n) is 3.90. The normalized spacial score (nSPS) is 11.1. The van der Waals surface area contributed by atoms with Crippen molar-refractivity contribution in [3.8, 4) is 5.75 Å². The van der Waals surface area contributed by atoms with Crippen molar-refractivity contribution in [1.29, 1.82) is 0 Å². The molecule has 0 atom stereocenters. The molecule has 2 aromatic heterocycles. The van der Waals surface area contributed by atoms with E-state index in [1.54, 1.807) is 36.4 Å². The molecule has 2 aromatic rings. The summed E-state index contributed by atoms with van der Waals surface area (Å²) in [7, 11) is 1.65. The van der Waals surface area contributed by atoms with Crippen LogP contribution in [0.5, 0.6) is 5.75 Å². The zero-order valence-corrected chi connectivity index (χ0v) is 12.8. The van der Waals surface area contributed by atoms with Crippen LogP contribution in [0.15, 0.2) is 28.7 Å². The predicted molar refractivity (Wildman–Crippen MR) is 81.9 cm³/mol. The molecule has 0 unspecified atom stereocenters. The lowest BCUT2D eigenvalue weighted by molar-refractivity contribution is 0.412. The monoisotopic (exact) mass is 292 g/mol. The van der Waals surface area contributed by atoms with Gasteiger partial charge in [-0.05, 0) is 32.1 Å². The van der Waals surface area contributed by atoms with Gasteiger partial charge in [0.25, 0.3) is 0 Å². The van der Waals surface area contributed by atoms with E-state index in [-0.39, 0.29) is 0 Å². The van der Waals surface area contributed by atoms with Crippen LogP contribution < -0.4 is 4.74 Å². The number of aromatic nitrogens is 2. The Balaban J connectivity index is 1.99. The van der Waals surface area contributed by atoms with Gasteiger partial charge in [-0.1, -0.05) is 17.8 Å². The van der Waals surface area contributed by atoms with Crippen LogP contribution in [0.1, 0.15) is 23.2 Å². The van der Waals surface area contributed by atoms with Gasteiger partial charge in [0.2, 0.25) is 0 Å². The number of rotatable bonds is 5. The molecule has 19 heavy (non-hydrogen) atoms. The number of pyridine rings is 1. The number of thiazole rings is 1. The van der Waals surface area contributed by atoms with Crippen molar-refractivity contribution in [2.24, 2.45) is 0 Å². The summed E-state index contributed by atoms with van der Waals surface area (Å²) < 4.78 is 6.18. The number of aryl methyl sites for hydroxylation is 1. The van der Waals surface area contributed by atoms with Crippen molar-refractivity contribution in [3.63, 3.8) is 0 Å². The number of nitrogens with zero attached hydrogens (tertiary/aromatic N) is 2. The van der Waals surface area contributed by atoms with Crippen molar-refractivity contribution < 1.29 is 4.74 Å². The van der Waals surface area contributed by atoms with Gasteiger partial charge in [-0.15, -0.1) is 11.3 Å². The van der Waals surface area contributed by atoms with E-state index in [1.807, 2.05) is 31.2 Å². The van der Waals surface area contributed by atoms with E-state index in [0.29, 0.717) is 0 Å². The summed E-state index contributed by atoms with van der Waals surface area (Å²) in [6.45, 7) is 4.11. The topological polar surface area (TPSA) is 35.0 Å². The van der Waals surface area contributed by atoms with Gasteiger partial charge in [0.1, 0.15) is 5.75 Å². The van der Waals surface area contributed by atoms with Crippen LogP contribution in [0.4, 0.5) is 0 Å². The second kappa shape index (κ2) is 6.73. The van der Waals surface area contributed by atoms with E-state index in [9.17, 15) is 0 Å². The van der Waals surface area contributed by atoms with E-state index in [0.717, 1.165) is 27.2 Å². The van der Waals surface area contributed by atoms with Crippen LogP contribution in [-0.2, 0) is 5.75 Å². The largest absolute Gasteiger partial charge is 0.495 e. The zero-order valence-electron chi connectivity index (χ0n) is 11.2. The third kappa shape index (κ3) is 3.81. The highest BCUT2D eigenvalue weighted by Crippen LogP contribution is 2.29. The molecule has 0 fully saturated rings. The fourth-order valence-electron chi connectivity index (χ4n) is 1.51. The van der Waals surface area contributed by atoms with Gasteiger partial charge in [0, 0.05) is 10.6 Å². The summed E-state index contributed by atoms with van der Waals surface area (Å²) in [5, 5.41) is 0. The van der Waals surface area contributed by atoms with Crippen LogP contribution in [0.25, 0.3) is 6.08 Å².